The van der Waals surface area contributed by atoms with Crippen LogP contribution in [0, 0.1) is 11.8 Å². The molecule has 0 bridgehead atoms. The molecule has 0 spiro atoms. The maximum atomic E-state index is 12.1. The fourth-order valence-electron chi connectivity index (χ4n) is 3.03. The first-order valence-corrected chi connectivity index (χ1v) is 9.56. The third-order valence-corrected chi connectivity index (χ3v) is 5.84. The molecular weight excluding hydrogens is 336 g/mol. The van der Waals surface area contributed by atoms with Crippen molar-refractivity contribution in [3.63, 3.8) is 0 Å². The van der Waals surface area contributed by atoms with E-state index in [0.29, 0.717) is 6.54 Å². The van der Waals surface area contributed by atoms with Crippen molar-refractivity contribution in [1.82, 2.24) is 5.32 Å². The van der Waals surface area contributed by atoms with E-state index in [1.54, 1.807) is 12.1 Å². The second-order valence-electron chi connectivity index (χ2n) is 5.90. The number of benzene rings is 1. The Bertz CT molecular complexity index is 593. The van der Waals surface area contributed by atoms with Crippen LogP contribution in [-0.4, -0.2) is 33.2 Å². The van der Waals surface area contributed by atoms with Gasteiger partial charge < -0.3 is 11.1 Å². The highest BCUT2D eigenvalue weighted by atomic mass is 35.5. The van der Waals surface area contributed by atoms with Crippen LogP contribution in [0.15, 0.2) is 30.3 Å². The maximum Gasteiger partial charge on any atom is 0.223 e. The molecule has 3 N–H and O–H groups in total. The Morgan fingerprint density at radius 2 is 1.91 bits per heavy atom. The van der Waals surface area contributed by atoms with Gasteiger partial charge >= 0.3 is 0 Å². The molecule has 0 saturated heterocycles. The molecule has 1 fully saturated rings. The lowest BCUT2D eigenvalue weighted by atomic mass is 9.95. The minimum absolute atomic E-state index is 0. The van der Waals surface area contributed by atoms with Crippen LogP contribution in [0.2, 0.25) is 0 Å². The molecule has 2 atom stereocenters. The number of halogens is 1. The lowest BCUT2D eigenvalue weighted by molar-refractivity contribution is -0.125. The minimum Gasteiger partial charge on any atom is -0.355 e. The maximum absolute atomic E-state index is 12.1. The first-order valence-electron chi connectivity index (χ1n) is 7.74. The van der Waals surface area contributed by atoms with Crippen LogP contribution in [0.25, 0.3) is 0 Å². The van der Waals surface area contributed by atoms with E-state index in [1.165, 1.54) is 0 Å². The highest BCUT2D eigenvalue weighted by molar-refractivity contribution is 7.90. The molecule has 1 saturated carbocycles. The van der Waals surface area contributed by atoms with Gasteiger partial charge in [-0.2, -0.15) is 0 Å². The molecule has 1 aliphatic rings. The normalized spacial score (nSPS) is 20.7. The molecule has 1 amide bonds. The fraction of sp³-hybridized carbons (Fsp3) is 0.562. The summed E-state index contributed by atoms with van der Waals surface area (Å²) in [5.41, 5.74) is 6.44. The van der Waals surface area contributed by atoms with Crippen LogP contribution >= 0.6 is 12.4 Å². The number of hydrogen-bond donors (Lipinski definition) is 2. The summed E-state index contributed by atoms with van der Waals surface area (Å²) >= 11 is 0. The Kier molecular flexibility index (Phi) is 8.02. The molecule has 1 aliphatic carbocycles. The molecule has 1 aromatic carbocycles. The quantitative estimate of drug-likeness (QED) is 0.771. The first-order chi connectivity index (χ1) is 10.5. The molecule has 7 heteroatoms. The summed E-state index contributed by atoms with van der Waals surface area (Å²) in [6.07, 6.45) is 2.86. The molecule has 0 aromatic heterocycles. The highest BCUT2D eigenvalue weighted by Gasteiger charge is 2.31. The molecule has 0 radical (unpaired) electrons. The van der Waals surface area contributed by atoms with E-state index in [2.05, 4.69) is 5.32 Å². The second-order valence-corrected chi connectivity index (χ2v) is 8.09. The molecular formula is C16H25ClN2O3S. The van der Waals surface area contributed by atoms with Crippen molar-refractivity contribution in [2.45, 2.75) is 25.0 Å². The van der Waals surface area contributed by atoms with E-state index >= 15 is 0 Å². The van der Waals surface area contributed by atoms with Gasteiger partial charge in [0.15, 0.2) is 9.84 Å². The molecule has 0 heterocycles. The minimum atomic E-state index is -3.21. The predicted molar refractivity (Wildman–Crippen MR) is 94.1 cm³/mol. The Morgan fingerprint density at radius 3 is 2.57 bits per heavy atom. The zero-order valence-corrected chi connectivity index (χ0v) is 14.7. The van der Waals surface area contributed by atoms with Gasteiger partial charge in [-0.05, 0) is 30.9 Å². The molecule has 2 rings (SSSR count). The van der Waals surface area contributed by atoms with Crippen molar-refractivity contribution in [3.8, 4) is 0 Å². The van der Waals surface area contributed by atoms with E-state index in [0.717, 1.165) is 24.8 Å². The standard InChI is InChI=1S/C16H24N2O3S.ClH/c17-11-14-7-4-8-15(14)16(19)18-9-10-22(20,21)12-13-5-2-1-3-6-13;/h1-3,5-6,14-15H,4,7-12,17H2,(H,18,19);1H/t14-,15-;/m1./s1. The van der Waals surface area contributed by atoms with Crippen molar-refractivity contribution in [3.05, 3.63) is 35.9 Å². The van der Waals surface area contributed by atoms with E-state index < -0.39 is 9.84 Å². The number of sulfone groups is 1. The molecule has 5 nitrogen and oxygen atoms in total. The zero-order valence-electron chi connectivity index (χ0n) is 13.1. The number of nitrogens with one attached hydrogen (secondary N) is 1. The summed E-state index contributed by atoms with van der Waals surface area (Å²) in [6, 6.07) is 9.08. The zero-order chi connectivity index (χ0) is 16.0. The first kappa shape index (κ1) is 19.9. The van der Waals surface area contributed by atoms with Crippen LogP contribution in [-0.2, 0) is 20.4 Å². The highest BCUT2D eigenvalue weighted by Crippen LogP contribution is 2.30. The Morgan fingerprint density at radius 1 is 1.22 bits per heavy atom. The lowest BCUT2D eigenvalue weighted by Crippen LogP contribution is -2.37. The van der Waals surface area contributed by atoms with Gasteiger partial charge in [0.25, 0.3) is 0 Å². The number of amides is 1. The van der Waals surface area contributed by atoms with Gasteiger partial charge in [-0.25, -0.2) is 8.42 Å². The molecule has 1 aromatic rings. The fourth-order valence-corrected chi connectivity index (χ4v) is 4.28. The third-order valence-electron chi connectivity index (χ3n) is 4.24. The largest absolute Gasteiger partial charge is 0.355 e. The van der Waals surface area contributed by atoms with Crippen molar-refractivity contribution in [2.24, 2.45) is 17.6 Å². The van der Waals surface area contributed by atoms with Crippen molar-refractivity contribution in [2.75, 3.05) is 18.8 Å². The summed E-state index contributed by atoms with van der Waals surface area (Å²) in [6.45, 7) is 0.687. The Balaban J connectivity index is 0.00000264. The molecule has 0 aliphatic heterocycles. The van der Waals surface area contributed by atoms with Gasteiger partial charge in [-0.1, -0.05) is 36.8 Å². The van der Waals surface area contributed by atoms with Crippen molar-refractivity contribution >= 4 is 28.2 Å². The molecule has 130 valence electrons. The van der Waals surface area contributed by atoms with Gasteiger partial charge in [-0.3, -0.25) is 4.79 Å². The van der Waals surface area contributed by atoms with Crippen LogP contribution in [0.3, 0.4) is 0 Å². The predicted octanol–water partition coefficient (Wildman–Crippen LogP) is 1.51. The molecule has 23 heavy (non-hydrogen) atoms. The van der Waals surface area contributed by atoms with E-state index in [9.17, 15) is 13.2 Å². The lowest BCUT2D eigenvalue weighted by Gasteiger charge is -2.17. The van der Waals surface area contributed by atoms with E-state index in [-0.39, 0.29) is 48.2 Å². The SMILES string of the molecule is Cl.NC[C@H]1CCC[C@H]1C(=O)NCCS(=O)(=O)Cc1ccccc1. The summed E-state index contributed by atoms with van der Waals surface area (Å²) < 4.78 is 24.1. The second kappa shape index (κ2) is 9.25. The average molecular weight is 361 g/mol. The van der Waals surface area contributed by atoms with Crippen molar-refractivity contribution in [1.29, 1.82) is 0 Å². The van der Waals surface area contributed by atoms with Crippen LogP contribution in [0.1, 0.15) is 24.8 Å². The number of rotatable bonds is 7. The van der Waals surface area contributed by atoms with Crippen molar-refractivity contribution < 1.29 is 13.2 Å². The number of hydrogen-bond acceptors (Lipinski definition) is 4. The van der Waals surface area contributed by atoms with Gasteiger partial charge in [0, 0.05) is 12.5 Å². The Hall–Kier alpha value is -1.11. The summed E-state index contributed by atoms with van der Waals surface area (Å²) in [5, 5.41) is 2.76. The van der Waals surface area contributed by atoms with E-state index in [4.69, 9.17) is 5.73 Å². The smallest absolute Gasteiger partial charge is 0.223 e. The van der Waals surface area contributed by atoms with Crippen LogP contribution in [0.5, 0.6) is 0 Å². The monoisotopic (exact) mass is 360 g/mol. The van der Waals surface area contributed by atoms with E-state index in [1.807, 2.05) is 18.2 Å². The number of carbonyl (C=O) groups excluding carboxylic acids is 1. The van der Waals surface area contributed by atoms with Crippen LogP contribution in [0.4, 0.5) is 0 Å². The summed E-state index contributed by atoms with van der Waals surface area (Å²) in [5.74, 6) is 0.109. The average Bonchev–Trinajstić information content (AvgIpc) is 2.96. The summed E-state index contributed by atoms with van der Waals surface area (Å²) in [7, 11) is -3.21. The number of carbonyl (C=O) groups is 1. The topological polar surface area (TPSA) is 89.3 Å². The number of nitrogens with two attached hydrogens (primary N) is 1. The van der Waals surface area contributed by atoms with Gasteiger partial charge in [-0.15, -0.1) is 12.4 Å². The third kappa shape index (κ3) is 6.12. The van der Waals surface area contributed by atoms with Gasteiger partial charge in [0.05, 0.1) is 11.5 Å². The van der Waals surface area contributed by atoms with Crippen LogP contribution < -0.4 is 11.1 Å². The van der Waals surface area contributed by atoms with Gasteiger partial charge in [0.1, 0.15) is 0 Å². The molecule has 0 unspecified atom stereocenters. The summed E-state index contributed by atoms with van der Waals surface area (Å²) in [4.78, 5) is 12.1. The van der Waals surface area contributed by atoms with Gasteiger partial charge in [0.2, 0.25) is 5.91 Å². The Labute approximate surface area is 144 Å².